The first-order valence-corrected chi connectivity index (χ1v) is 10.9. The molecule has 1 heterocycles. The lowest BCUT2D eigenvalue weighted by molar-refractivity contribution is -0.108. The maximum atomic E-state index is 12.0. The third-order valence-corrected chi connectivity index (χ3v) is 6.95. The highest BCUT2D eigenvalue weighted by Crippen LogP contribution is 2.51. The third-order valence-electron chi connectivity index (χ3n) is 6.95. The van der Waals surface area contributed by atoms with Crippen LogP contribution in [0.5, 0.6) is 23.0 Å². The van der Waals surface area contributed by atoms with Crippen LogP contribution in [0.15, 0.2) is 49.1 Å². The smallest absolute Gasteiger partial charge is 0.123 e. The van der Waals surface area contributed by atoms with Gasteiger partial charge in [0.2, 0.25) is 0 Å². The fraction of sp³-hybridized carbons (Fsp3) is 0.462. The minimum atomic E-state index is -1.01. The molecule has 1 aliphatic heterocycles. The lowest BCUT2D eigenvalue weighted by atomic mass is 9.64. The Bertz CT molecular complexity index is 876. The van der Waals surface area contributed by atoms with Crippen molar-refractivity contribution in [2.45, 2.75) is 38.0 Å². The fourth-order valence-electron chi connectivity index (χ4n) is 4.96. The molecule has 1 fully saturated rings. The van der Waals surface area contributed by atoms with Crippen molar-refractivity contribution in [1.29, 1.82) is 0 Å². The van der Waals surface area contributed by atoms with Crippen LogP contribution in [0.25, 0.3) is 0 Å². The first-order chi connectivity index (χ1) is 15.3. The van der Waals surface area contributed by atoms with Gasteiger partial charge in [0.15, 0.2) is 0 Å². The molecule has 0 bridgehead atoms. The first-order valence-electron chi connectivity index (χ1n) is 10.9. The van der Waals surface area contributed by atoms with Gasteiger partial charge >= 0.3 is 0 Å². The van der Waals surface area contributed by atoms with E-state index in [9.17, 15) is 5.11 Å². The van der Waals surface area contributed by atoms with E-state index in [1.54, 1.807) is 34.5 Å². The molecule has 0 aromatic heterocycles. The molecule has 2 aromatic rings. The van der Waals surface area contributed by atoms with Crippen LogP contribution in [0.1, 0.15) is 43.5 Å². The summed E-state index contributed by atoms with van der Waals surface area (Å²) in [5.74, 6) is 2.67. The Balaban J connectivity index is 2.18. The van der Waals surface area contributed by atoms with Crippen LogP contribution in [0.4, 0.5) is 0 Å². The summed E-state index contributed by atoms with van der Waals surface area (Å²) in [5.41, 5.74) is 0.853. The molecule has 0 spiro atoms. The molecule has 32 heavy (non-hydrogen) atoms. The second-order valence-corrected chi connectivity index (χ2v) is 8.40. The summed E-state index contributed by atoms with van der Waals surface area (Å²) in [6.45, 7) is 8.05. The molecule has 174 valence electrons. The number of methoxy groups -OCH3 is 4. The SMILES string of the molecule is C=CCC1(O)[C@@H](C)[C@@H](c2cc(OC)ccc2OC)N[C@@H](c2cc(OC)ccc2OC)[C@@H]1C. The number of hydrogen-bond acceptors (Lipinski definition) is 6. The van der Waals surface area contributed by atoms with E-state index in [1.165, 1.54) is 0 Å². The van der Waals surface area contributed by atoms with Crippen molar-refractivity contribution < 1.29 is 24.1 Å². The van der Waals surface area contributed by atoms with Gasteiger partial charge in [-0.1, -0.05) is 19.9 Å². The Morgan fingerprint density at radius 1 is 0.844 bits per heavy atom. The van der Waals surface area contributed by atoms with E-state index in [4.69, 9.17) is 18.9 Å². The predicted molar refractivity (Wildman–Crippen MR) is 126 cm³/mol. The van der Waals surface area contributed by atoms with E-state index >= 15 is 0 Å². The van der Waals surface area contributed by atoms with Gasteiger partial charge in [0.05, 0.1) is 34.0 Å². The minimum Gasteiger partial charge on any atom is -0.497 e. The van der Waals surface area contributed by atoms with Crippen LogP contribution < -0.4 is 24.3 Å². The zero-order valence-electron chi connectivity index (χ0n) is 19.8. The number of rotatable bonds is 8. The molecule has 0 saturated carbocycles. The molecular weight excluding hydrogens is 406 g/mol. The first kappa shape index (κ1) is 24.0. The lowest BCUT2D eigenvalue weighted by Crippen LogP contribution is -2.57. The van der Waals surface area contributed by atoms with Crippen LogP contribution >= 0.6 is 0 Å². The van der Waals surface area contributed by atoms with E-state index in [-0.39, 0.29) is 23.9 Å². The van der Waals surface area contributed by atoms with E-state index in [0.717, 1.165) is 34.1 Å². The van der Waals surface area contributed by atoms with Crippen molar-refractivity contribution in [2.75, 3.05) is 28.4 Å². The molecule has 2 N–H and O–H groups in total. The molecule has 0 radical (unpaired) electrons. The predicted octanol–water partition coefficient (Wildman–Crippen LogP) is 4.69. The minimum absolute atomic E-state index is 0.135. The number of piperidine rings is 1. The molecule has 1 saturated heterocycles. The zero-order valence-corrected chi connectivity index (χ0v) is 19.8. The van der Waals surface area contributed by atoms with Gasteiger partial charge in [-0.25, -0.2) is 0 Å². The normalized spacial score (nSPS) is 27.5. The summed E-state index contributed by atoms with van der Waals surface area (Å²) in [6.07, 6.45) is 2.25. The van der Waals surface area contributed by atoms with Crippen molar-refractivity contribution in [3.05, 3.63) is 60.2 Å². The summed E-state index contributed by atoms with van der Waals surface area (Å²) in [4.78, 5) is 0. The maximum Gasteiger partial charge on any atom is 0.123 e. The summed E-state index contributed by atoms with van der Waals surface area (Å²) in [5, 5.41) is 15.8. The van der Waals surface area contributed by atoms with Gasteiger partial charge in [0.1, 0.15) is 23.0 Å². The van der Waals surface area contributed by atoms with Crippen molar-refractivity contribution >= 4 is 0 Å². The van der Waals surface area contributed by atoms with Crippen molar-refractivity contribution in [2.24, 2.45) is 11.8 Å². The van der Waals surface area contributed by atoms with Crippen LogP contribution in [0.2, 0.25) is 0 Å². The zero-order chi connectivity index (χ0) is 23.5. The maximum absolute atomic E-state index is 12.0. The standard InChI is InChI=1S/C26H35NO5/c1-8-13-26(28)16(2)24(20-14-18(29-4)9-11-22(20)31-6)27-25(17(26)3)21-15-19(30-5)10-12-23(21)32-7/h8-12,14-17,24-25,27-28H,1,13H2,2-7H3/t16-,17-,24-,25+,26?/m0/s1. The van der Waals surface area contributed by atoms with Crippen LogP contribution in [0, 0.1) is 11.8 Å². The molecule has 0 amide bonds. The molecule has 3 rings (SSSR count). The summed E-state index contributed by atoms with van der Waals surface area (Å²) < 4.78 is 22.3. The van der Waals surface area contributed by atoms with Crippen LogP contribution in [-0.4, -0.2) is 39.1 Å². The molecule has 0 aliphatic carbocycles. The van der Waals surface area contributed by atoms with Gasteiger partial charge in [-0.05, 0) is 42.8 Å². The monoisotopic (exact) mass is 441 g/mol. The van der Waals surface area contributed by atoms with Gasteiger partial charge in [0.25, 0.3) is 0 Å². The van der Waals surface area contributed by atoms with Gasteiger partial charge in [0, 0.05) is 35.0 Å². The molecule has 6 heteroatoms. The Hall–Kier alpha value is -2.70. The average molecular weight is 442 g/mol. The van der Waals surface area contributed by atoms with Gasteiger partial charge in [-0.15, -0.1) is 6.58 Å². The molecular formula is C26H35NO5. The third kappa shape index (κ3) is 4.17. The number of aliphatic hydroxyl groups is 1. The Morgan fingerprint density at radius 2 is 1.28 bits per heavy atom. The van der Waals surface area contributed by atoms with Crippen LogP contribution in [0.3, 0.4) is 0 Å². The fourth-order valence-corrected chi connectivity index (χ4v) is 4.96. The van der Waals surface area contributed by atoms with Crippen molar-refractivity contribution in [1.82, 2.24) is 5.32 Å². The number of hydrogen-bond donors (Lipinski definition) is 2. The van der Waals surface area contributed by atoms with Crippen LogP contribution in [-0.2, 0) is 0 Å². The van der Waals surface area contributed by atoms with Crippen molar-refractivity contribution in [3.8, 4) is 23.0 Å². The Kier molecular flexibility index (Phi) is 7.36. The number of nitrogens with one attached hydrogen (secondary N) is 1. The highest BCUT2D eigenvalue weighted by Gasteiger charge is 2.51. The highest BCUT2D eigenvalue weighted by molar-refractivity contribution is 5.46. The second kappa shape index (κ2) is 9.84. The van der Waals surface area contributed by atoms with E-state index in [0.29, 0.717) is 6.42 Å². The van der Waals surface area contributed by atoms with E-state index < -0.39 is 5.60 Å². The lowest BCUT2D eigenvalue weighted by Gasteiger charge is -2.52. The molecule has 2 aromatic carbocycles. The van der Waals surface area contributed by atoms with E-state index in [1.807, 2.05) is 36.4 Å². The van der Waals surface area contributed by atoms with E-state index in [2.05, 4.69) is 25.7 Å². The summed E-state index contributed by atoms with van der Waals surface area (Å²) in [7, 11) is 6.59. The average Bonchev–Trinajstić information content (AvgIpc) is 2.82. The highest BCUT2D eigenvalue weighted by atomic mass is 16.5. The quantitative estimate of drug-likeness (QED) is 0.580. The Morgan fingerprint density at radius 3 is 1.62 bits per heavy atom. The number of benzene rings is 2. The molecule has 5 atom stereocenters. The molecule has 1 unspecified atom stereocenters. The van der Waals surface area contributed by atoms with Gasteiger partial charge in [-0.2, -0.15) is 0 Å². The molecule has 6 nitrogen and oxygen atoms in total. The number of ether oxygens (including phenoxy) is 4. The Labute approximate surface area is 191 Å². The largest absolute Gasteiger partial charge is 0.497 e. The summed E-state index contributed by atoms with van der Waals surface area (Å²) in [6, 6.07) is 11.1. The topological polar surface area (TPSA) is 69.2 Å². The summed E-state index contributed by atoms with van der Waals surface area (Å²) >= 11 is 0. The molecule has 1 aliphatic rings. The second-order valence-electron chi connectivity index (χ2n) is 8.40. The van der Waals surface area contributed by atoms with Gasteiger partial charge in [-0.3, -0.25) is 0 Å². The van der Waals surface area contributed by atoms with Crippen molar-refractivity contribution in [3.63, 3.8) is 0 Å². The van der Waals surface area contributed by atoms with Gasteiger partial charge < -0.3 is 29.4 Å².